The van der Waals surface area contributed by atoms with Crippen molar-refractivity contribution in [3.63, 3.8) is 0 Å². The first-order chi connectivity index (χ1) is 11.2. The number of esters is 1. The maximum absolute atomic E-state index is 10.8. The first-order valence-corrected chi connectivity index (χ1v) is 8.70. The van der Waals surface area contributed by atoms with Crippen LogP contribution in [0.25, 0.3) is 0 Å². The quantitative estimate of drug-likeness (QED) is 0.517. The highest BCUT2D eigenvalue weighted by atomic mass is 32.1. The minimum Gasteiger partial charge on any atom is -0.481 e. The SMILES string of the molecule is CC(C)Cc1ccc(C(C)C(=O)O)cc1.CCOC(=O)[C@@H](N)CS. The van der Waals surface area contributed by atoms with Gasteiger partial charge in [0.15, 0.2) is 0 Å². The molecule has 0 fully saturated rings. The Morgan fingerprint density at radius 1 is 1.21 bits per heavy atom. The van der Waals surface area contributed by atoms with Crippen LogP contribution in [0.15, 0.2) is 24.3 Å². The molecule has 0 aliphatic rings. The van der Waals surface area contributed by atoms with Gasteiger partial charge in [-0.2, -0.15) is 12.6 Å². The molecular weight excluding hydrogens is 326 g/mol. The van der Waals surface area contributed by atoms with E-state index in [4.69, 9.17) is 10.8 Å². The number of aliphatic carboxylic acids is 1. The van der Waals surface area contributed by atoms with Gasteiger partial charge in [0.2, 0.25) is 0 Å². The van der Waals surface area contributed by atoms with Crippen LogP contribution in [-0.2, 0) is 20.7 Å². The van der Waals surface area contributed by atoms with Crippen LogP contribution in [0.1, 0.15) is 44.7 Å². The summed E-state index contributed by atoms with van der Waals surface area (Å²) in [6.07, 6.45) is 1.04. The van der Waals surface area contributed by atoms with Gasteiger partial charge in [-0.15, -0.1) is 0 Å². The lowest BCUT2D eigenvalue weighted by atomic mass is 9.97. The second-order valence-electron chi connectivity index (χ2n) is 5.94. The van der Waals surface area contributed by atoms with Crippen molar-refractivity contribution in [2.75, 3.05) is 12.4 Å². The molecule has 5 nitrogen and oxygen atoms in total. The van der Waals surface area contributed by atoms with Gasteiger partial charge < -0.3 is 15.6 Å². The molecule has 136 valence electrons. The van der Waals surface area contributed by atoms with Crippen molar-refractivity contribution >= 4 is 24.6 Å². The number of hydrogen-bond acceptors (Lipinski definition) is 5. The van der Waals surface area contributed by atoms with Crippen LogP contribution in [0.4, 0.5) is 0 Å². The number of carbonyl (C=O) groups is 2. The zero-order valence-corrected chi connectivity index (χ0v) is 15.8. The third-order valence-electron chi connectivity index (χ3n) is 3.28. The van der Waals surface area contributed by atoms with Crippen molar-refractivity contribution in [3.05, 3.63) is 35.4 Å². The van der Waals surface area contributed by atoms with E-state index in [1.54, 1.807) is 13.8 Å². The predicted molar refractivity (Wildman–Crippen MR) is 99.5 cm³/mol. The summed E-state index contributed by atoms with van der Waals surface area (Å²) >= 11 is 3.82. The molecule has 2 atom stereocenters. The van der Waals surface area contributed by atoms with Crippen LogP contribution in [0.5, 0.6) is 0 Å². The van der Waals surface area contributed by atoms with Crippen molar-refractivity contribution in [1.82, 2.24) is 0 Å². The monoisotopic (exact) mass is 355 g/mol. The Balaban J connectivity index is 0.000000506. The highest BCUT2D eigenvalue weighted by Gasteiger charge is 2.13. The second kappa shape index (κ2) is 11.9. The fourth-order valence-electron chi connectivity index (χ4n) is 1.88. The van der Waals surface area contributed by atoms with Crippen molar-refractivity contribution in [3.8, 4) is 0 Å². The lowest BCUT2D eigenvalue weighted by molar-refractivity contribution is -0.144. The molecule has 3 N–H and O–H groups in total. The highest BCUT2D eigenvalue weighted by molar-refractivity contribution is 7.80. The van der Waals surface area contributed by atoms with E-state index in [-0.39, 0.29) is 5.97 Å². The largest absolute Gasteiger partial charge is 0.481 e. The van der Waals surface area contributed by atoms with Gasteiger partial charge in [0, 0.05) is 5.75 Å². The van der Waals surface area contributed by atoms with E-state index < -0.39 is 17.9 Å². The number of carbonyl (C=O) groups excluding carboxylic acids is 1. The van der Waals surface area contributed by atoms with Crippen LogP contribution in [0.3, 0.4) is 0 Å². The predicted octanol–water partition coefficient (Wildman–Crippen LogP) is 2.88. The number of rotatable bonds is 7. The number of benzene rings is 1. The summed E-state index contributed by atoms with van der Waals surface area (Å²) in [5.74, 6) is -0.608. The average Bonchev–Trinajstić information content (AvgIpc) is 2.54. The molecule has 0 amide bonds. The first-order valence-electron chi connectivity index (χ1n) is 8.07. The lowest BCUT2D eigenvalue weighted by Crippen LogP contribution is -2.33. The smallest absolute Gasteiger partial charge is 0.323 e. The van der Waals surface area contributed by atoms with E-state index >= 15 is 0 Å². The summed E-state index contributed by atoms with van der Waals surface area (Å²) < 4.78 is 4.58. The fourth-order valence-corrected chi connectivity index (χ4v) is 2.03. The van der Waals surface area contributed by atoms with Crippen LogP contribution in [0.2, 0.25) is 0 Å². The molecule has 1 rings (SSSR count). The second-order valence-corrected chi connectivity index (χ2v) is 6.31. The molecule has 0 radical (unpaired) electrons. The van der Waals surface area contributed by atoms with Crippen LogP contribution >= 0.6 is 12.6 Å². The number of carboxylic acid groups (broad SMARTS) is 1. The van der Waals surface area contributed by atoms with E-state index in [9.17, 15) is 9.59 Å². The molecule has 1 unspecified atom stereocenters. The van der Waals surface area contributed by atoms with Gasteiger partial charge in [-0.05, 0) is 37.3 Å². The third kappa shape index (κ3) is 8.93. The van der Waals surface area contributed by atoms with Gasteiger partial charge in [0.25, 0.3) is 0 Å². The molecule has 0 aromatic heterocycles. The number of hydrogen-bond donors (Lipinski definition) is 3. The van der Waals surface area contributed by atoms with Gasteiger partial charge in [0.05, 0.1) is 12.5 Å². The Morgan fingerprint density at radius 3 is 2.12 bits per heavy atom. The molecule has 24 heavy (non-hydrogen) atoms. The molecule has 0 spiro atoms. The Bertz CT molecular complexity index is 502. The van der Waals surface area contributed by atoms with E-state index in [1.165, 1.54) is 5.56 Å². The normalized spacial score (nSPS) is 12.8. The fraction of sp³-hybridized carbons (Fsp3) is 0.556. The molecule has 0 aliphatic heterocycles. The summed E-state index contributed by atoms with van der Waals surface area (Å²) in [7, 11) is 0. The molecule has 0 saturated carbocycles. The number of nitrogens with two attached hydrogens (primary N) is 1. The maximum atomic E-state index is 10.8. The maximum Gasteiger partial charge on any atom is 0.323 e. The van der Waals surface area contributed by atoms with Crippen molar-refractivity contribution in [1.29, 1.82) is 0 Å². The minimum atomic E-state index is -0.772. The first kappa shape index (κ1) is 22.5. The molecule has 1 aromatic rings. The minimum absolute atomic E-state index is 0.332. The Hall–Kier alpha value is -1.53. The number of thiol groups is 1. The summed E-state index contributed by atoms with van der Waals surface area (Å²) in [6.45, 7) is 8.17. The molecule has 6 heteroatoms. The zero-order valence-electron chi connectivity index (χ0n) is 14.9. The van der Waals surface area contributed by atoms with E-state index in [2.05, 4.69) is 31.2 Å². The van der Waals surface area contributed by atoms with Crippen LogP contribution in [0, 0.1) is 5.92 Å². The number of ether oxygens (including phenoxy) is 1. The van der Waals surface area contributed by atoms with Gasteiger partial charge in [-0.1, -0.05) is 38.1 Å². The molecular formula is C18H29NO4S. The standard InChI is InChI=1S/C13H18O2.C5H11NO2S/c1-9(2)8-11-4-6-12(7-5-11)10(3)13(14)15;1-2-8-5(7)4(6)3-9/h4-7,9-10H,8H2,1-3H3,(H,14,15);4,9H,2-3,6H2,1H3/t;4-/m.0/s1. The van der Waals surface area contributed by atoms with Gasteiger partial charge >= 0.3 is 11.9 Å². The van der Waals surface area contributed by atoms with Crippen LogP contribution < -0.4 is 5.73 Å². The Kier molecular flexibility index (Phi) is 11.2. The van der Waals surface area contributed by atoms with Gasteiger partial charge in [-0.25, -0.2) is 0 Å². The summed E-state index contributed by atoms with van der Waals surface area (Å²) in [4.78, 5) is 21.3. The third-order valence-corrected chi connectivity index (χ3v) is 3.67. The highest BCUT2D eigenvalue weighted by Crippen LogP contribution is 2.17. The van der Waals surface area contributed by atoms with E-state index in [1.807, 2.05) is 24.3 Å². The van der Waals surface area contributed by atoms with Crippen molar-refractivity contribution in [2.24, 2.45) is 11.7 Å². The topological polar surface area (TPSA) is 89.6 Å². The van der Waals surface area contributed by atoms with Crippen LogP contribution in [-0.4, -0.2) is 35.4 Å². The van der Waals surface area contributed by atoms with Crippen molar-refractivity contribution < 1.29 is 19.4 Å². The molecule has 0 bridgehead atoms. The summed E-state index contributed by atoms with van der Waals surface area (Å²) in [5.41, 5.74) is 7.39. The molecule has 0 aliphatic carbocycles. The van der Waals surface area contributed by atoms with Gasteiger partial charge in [0.1, 0.15) is 6.04 Å². The average molecular weight is 356 g/mol. The molecule has 0 heterocycles. The van der Waals surface area contributed by atoms with E-state index in [0.717, 1.165) is 12.0 Å². The number of carboxylic acids is 1. The van der Waals surface area contributed by atoms with Crippen molar-refractivity contribution in [2.45, 2.75) is 46.1 Å². The van der Waals surface area contributed by atoms with Gasteiger partial charge in [-0.3, -0.25) is 9.59 Å². The van der Waals surface area contributed by atoms with E-state index in [0.29, 0.717) is 18.3 Å². The zero-order chi connectivity index (χ0) is 18.7. The molecule has 1 aromatic carbocycles. The Morgan fingerprint density at radius 2 is 1.75 bits per heavy atom. The summed E-state index contributed by atoms with van der Waals surface area (Å²) in [6, 6.07) is 7.30. The Labute approximate surface area is 150 Å². The molecule has 0 saturated heterocycles. The summed E-state index contributed by atoms with van der Waals surface area (Å²) in [5, 5.41) is 8.85. The lowest BCUT2D eigenvalue weighted by Gasteiger charge is -2.09.